The second kappa shape index (κ2) is 6.85. The summed E-state index contributed by atoms with van der Waals surface area (Å²) in [6, 6.07) is 1.16. The fourth-order valence-corrected chi connectivity index (χ4v) is 1.34. The minimum Gasteiger partial charge on any atom is -0.490 e. The number of ether oxygens (including phenoxy) is 1. The lowest BCUT2D eigenvalue weighted by Crippen LogP contribution is -2.02. The molecule has 0 saturated carbocycles. The van der Waals surface area contributed by atoms with Crippen LogP contribution in [0.5, 0.6) is 5.75 Å². The number of nitrogens with zero attached hydrogens (tertiary/aromatic N) is 1. The quantitative estimate of drug-likeness (QED) is 0.464. The van der Waals surface area contributed by atoms with Gasteiger partial charge in [0.05, 0.1) is 17.6 Å². The van der Waals surface area contributed by atoms with Crippen LogP contribution in [0, 0.1) is 21.7 Å². The van der Waals surface area contributed by atoms with Crippen molar-refractivity contribution in [3.8, 4) is 5.75 Å². The summed E-state index contributed by atoms with van der Waals surface area (Å²) in [5.41, 5.74) is -0.917. The van der Waals surface area contributed by atoms with Crippen LogP contribution in [0.25, 0.3) is 0 Å². The molecule has 0 aliphatic heterocycles. The fraction of sp³-hybridized carbons (Fsp3) is 0.455. The second-order valence-corrected chi connectivity index (χ2v) is 3.62. The molecule has 18 heavy (non-hydrogen) atoms. The van der Waals surface area contributed by atoms with Gasteiger partial charge in [-0.3, -0.25) is 10.1 Å². The van der Waals surface area contributed by atoms with Crippen LogP contribution in [-0.2, 0) is 0 Å². The van der Waals surface area contributed by atoms with Crippen LogP contribution in [0.15, 0.2) is 12.1 Å². The summed E-state index contributed by atoms with van der Waals surface area (Å²) in [6.45, 7) is 0.231. The lowest BCUT2D eigenvalue weighted by Gasteiger charge is -2.07. The number of hydrogen-bond donors (Lipinski definition) is 1. The molecule has 0 heterocycles. The number of aliphatic hydroxyl groups excluding tert-OH is 1. The minimum absolute atomic E-state index is 0.0700. The number of benzene rings is 1. The lowest BCUT2D eigenvalue weighted by molar-refractivity contribution is -0.387. The summed E-state index contributed by atoms with van der Waals surface area (Å²) in [5.74, 6) is -2.45. The zero-order valence-electron chi connectivity index (χ0n) is 9.57. The van der Waals surface area contributed by atoms with Crippen molar-refractivity contribution in [3.63, 3.8) is 0 Å². The Labute approximate surface area is 102 Å². The summed E-state index contributed by atoms with van der Waals surface area (Å²) >= 11 is 0. The SMILES string of the molecule is O=[N+]([O-])c1cc(F)c(OCCCCCO)cc1F. The van der Waals surface area contributed by atoms with Gasteiger partial charge in [-0.2, -0.15) is 4.39 Å². The molecule has 0 aliphatic rings. The maximum Gasteiger partial charge on any atom is 0.307 e. The fourth-order valence-electron chi connectivity index (χ4n) is 1.34. The molecule has 0 aliphatic carbocycles. The molecule has 0 unspecified atom stereocenters. The number of aliphatic hydroxyl groups is 1. The van der Waals surface area contributed by atoms with Gasteiger partial charge in [0.2, 0.25) is 5.82 Å². The maximum absolute atomic E-state index is 13.3. The molecule has 0 saturated heterocycles. The molecule has 0 radical (unpaired) electrons. The van der Waals surface area contributed by atoms with Crippen LogP contribution in [0.3, 0.4) is 0 Å². The Bertz CT molecular complexity index is 426. The summed E-state index contributed by atoms with van der Waals surface area (Å²) in [6.07, 6.45) is 1.90. The van der Waals surface area contributed by atoms with E-state index < -0.39 is 22.2 Å². The molecule has 0 atom stereocenters. The molecule has 0 aromatic heterocycles. The third-order valence-corrected chi connectivity index (χ3v) is 2.26. The predicted molar refractivity (Wildman–Crippen MR) is 59.4 cm³/mol. The van der Waals surface area contributed by atoms with Gasteiger partial charge in [-0.25, -0.2) is 4.39 Å². The first-order chi connectivity index (χ1) is 8.56. The average molecular weight is 261 g/mol. The van der Waals surface area contributed by atoms with Crippen LogP contribution in [0.4, 0.5) is 14.5 Å². The highest BCUT2D eigenvalue weighted by molar-refractivity contribution is 5.39. The summed E-state index contributed by atoms with van der Waals surface area (Å²) in [7, 11) is 0. The molecule has 5 nitrogen and oxygen atoms in total. The van der Waals surface area contributed by atoms with Gasteiger partial charge >= 0.3 is 5.69 Å². The second-order valence-electron chi connectivity index (χ2n) is 3.62. The topological polar surface area (TPSA) is 72.6 Å². The first-order valence-electron chi connectivity index (χ1n) is 5.43. The molecule has 100 valence electrons. The smallest absolute Gasteiger partial charge is 0.307 e. The minimum atomic E-state index is -1.13. The van der Waals surface area contributed by atoms with Gasteiger partial charge in [0.15, 0.2) is 11.6 Å². The van der Waals surface area contributed by atoms with E-state index in [9.17, 15) is 18.9 Å². The van der Waals surface area contributed by atoms with Gasteiger partial charge in [-0.15, -0.1) is 0 Å². The van der Waals surface area contributed by atoms with E-state index in [1.54, 1.807) is 0 Å². The zero-order chi connectivity index (χ0) is 13.5. The molecular formula is C11H13F2NO4. The molecule has 0 bridgehead atoms. The van der Waals surface area contributed by atoms with Crippen molar-refractivity contribution in [1.29, 1.82) is 0 Å². The van der Waals surface area contributed by atoms with Gasteiger partial charge < -0.3 is 9.84 Å². The Morgan fingerprint density at radius 1 is 1.22 bits per heavy atom. The Morgan fingerprint density at radius 2 is 1.94 bits per heavy atom. The van der Waals surface area contributed by atoms with Crippen LogP contribution in [0.1, 0.15) is 19.3 Å². The first kappa shape index (κ1) is 14.3. The maximum atomic E-state index is 13.3. The van der Waals surface area contributed by atoms with E-state index in [1.165, 1.54) is 0 Å². The van der Waals surface area contributed by atoms with Gasteiger partial charge in [-0.1, -0.05) is 0 Å². The largest absolute Gasteiger partial charge is 0.490 e. The van der Waals surface area contributed by atoms with Gasteiger partial charge in [0.1, 0.15) is 0 Å². The number of halogens is 2. The van der Waals surface area contributed by atoms with Crippen LogP contribution >= 0.6 is 0 Å². The van der Waals surface area contributed by atoms with Gasteiger partial charge in [0, 0.05) is 12.7 Å². The molecule has 1 N–H and O–H groups in total. The molecule has 0 fully saturated rings. The Kier molecular flexibility index (Phi) is 5.44. The van der Waals surface area contributed by atoms with Crippen LogP contribution in [-0.4, -0.2) is 23.2 Å². The van der Waals surface area contributed by atoms with E-state index in [-0.39, 0.29) is 19.0 Å². The summed E-state index contributed by atoms with van der Waals surface area (Å²) in [5, 5.41) is 18.9. The van der Waals surface area contributed by atoms with E-state index in [1.807, 2.05) is 0 Å². The van der Waals surface area contributed by atoms with Crippen molar-refractivity contribution in [2.45, 2.75) is 19.3 Å². The molecule has 1 aromatic rings. The number of unbranched alkanes of at least 4 members (excludes halogenated alkanes) is 2. The lowest BCUT2D eigenvalue weighted by atomic mass is 10.2. The van der Waals surface area contributed by atoms with Crippen molar-refractivity contribution in [1.82, 2.24) is 0 Å². The van der Waals surface area contributed by atoms with Crippen molar-refractivity contribution in [2.75, 3.05) is 13.2 Å². The van der Waals surface area contributed by atoms with E-state index in [2.05, 4.69) is 0 Å². The van der Waals surface area contributed by atoms with Crippen molar-refractivity contribution in [2.24, 2.45) is 0 Å². The zero-order valence-corrected chi connectivity index (χ0v) is 9.57. The molecule has 1 aromatic carbocycles. The Balaban J connectivity index is 2.62. The molecule has 0 amide bonds. The number of rotatable bonds is 7. The first-order valence-corrected chi connectivity index (χ1v) is 5.43. The number of nitro benzene ring substituents is 1. The monoisotopic (exact) mass is 261 g/mol. The van der Waals surface area contributed by atoms with Crippen molar-refractivity contribution >= 4 is 5.69 Å². The molecule has 1 rings (SSSR count). The summed E-state index contributed by atoms with van der Waals surface area (Å²) < 4.78 is 31.5. The summed E-state index contributed by atoms with van der Waals surface area (Å²) in [4.78, 5) is 9.36. The third-order valence-electron chi connectivity index (χ3n) is 2.26. The third kappa shape index (κ3) is 3.92. The van der Waals surface area contributed by atoms with Crippen molar-refractivity contribution in [3.05, 3.63) is 33.9 Å². The van der Waals surface area contributed by atoms with Gasteiger partial charge in [-0.05, 0) is 19.3 Å². The average Bonchev–Trinajstić information content (AvgIpc) is 2.32. The Hall–Kier alpha value is -1.76. The number of hydrogen-bond acceptors (Lipinski definition) is 4. The Morgan fingerprint density at radius 3 is 2.56 bits per heavy atom. The van der Waals surface area contributed by atoms with Crippen molar-refractivity contribution < 1.29 is 23.5 Å². The van der Waals surface area contributed by atoms with Crippen LogP contribution < -0.4 is 4.74 Å². The van der Waals surface area contributed by atoms with Gasteiger partial charge in [0.25, 0.3) is 0 Å². The van der Waals surface area contributed by atoms with Crippen LogP contribution in [0.2, 0.25) is 0 Å². The molecular weight excluding hydrogens is 248 g/mol. The number of nitro groups is 1. The predicted octanol–water partition coefficient (Wildman–Crippen LogP) is 2.41. The van der Waals surface area contributed by atoms with E-state index in [0.29, 0.717) is 31.4 Å². The normalized spacial score (nSPS) is 10.4. The standard InChI is InChI=1S/C11H13F2NO4/c12-8-7-11(18-5-3-1-2-4-15)9(13)6-10(8)14(16)17/h6-7,15H,1-5H2. The molecule has 0 spiro atoms. The highest BCUT2D eigenvalue weighted by Gasteiger charge is 2.19. The molecule has 7 heteroatoms. The van der Waals surface area contributed by atoms with E-state index >= 15 is 0 Å². The van der Waals surface area contributed by atoms with E-state index in [4.69, 9.17) is 9.84 Å². The van der Waals surface area contributed by atoms with E-state index in [0.717, 1.165) is 0 Å². The highest BCUT2D eigenvalue weighted by Crippen LogP contribution is 2.26. The highest BCUT2D eigenvalue weighted by atomic mass is 19.1.